The number of amides is 3. The lowest BCUT2D eigenvalue weighted by molar-refractivity contribution is -0.139. The first-order chi connectivity index (χ1) is 10.5. The second kappa shape index (κ2) is 5.14. The molecule has 3 rings (SSSR count). The van der Waals surface area contributed by atoms with Gasteiger partial charge in [-0.1, -0.05) is 17.2 Å². The third-order valence-corrected chi connectivity index (χ3v) is 3.75. The van der Waals surface area contributed by atoms with Crippen molar-refractivity contribution in [1.29, 1.82) is 0 Å². The zero-order valence-electron chi connectivity index (χ0n) is 11.3. The summed E-state index contributed by atoms with van der Waals surface area (Å²) < 4.78 is 0. The maximum atomic E-state index is 12.5. The number of imide groups is 1. The molecule has 0 aliphatic carbocycles. The molecule has 9 heteroatoms. The van der Waals surface area contributed by atoms with E-state index in [-0.39, 0.29) is 24.1 Å². The number of carbonyl (C=O) groups is 3. The van der Waals surface area contributed by atoms with Gasteiger partial charge in [-0.05, 0) is 18.0 Å². The highest BCUT2D eigenvalue weighted by Crippen LogP contribution is 2.36. The Kier molecular flexibility index (Phi) is 3.28. The minimum atomic E-state index is -1.27. The van der Waals surface area contributed by atoms with Crippen LogP contribution >= 0.6 is 0 Å². The molecule has 9 nitrogen and oxygen atoms in total. The summed E-state index contributed by atoms with van der Waals surface area (Å²) in [5.74, 6) is -1.54. The van der Waals surface area contributed by atoms with E-state index in [1.165, 1.54) is 18.2 Å². The summed E-state index contributed by atoms with van der Waals surface area (Å²) in [7, 11) is 0. The van der Waals surface area contributed by atoms with Gasteiger partial charge in [0.1, 0.15) is 6.04 Å². The lowest BCUT2D eigenvalue weighted by atomic mass is 10.0. The Hall–Kier alpha value is -2.90. The monoisotopic (exact) mass is 301 g/mol. The maximum Gasteiger partial charge on any atom is 0.257 e. The number of nitrogens with zero attached hydrogens (tertiary/aromatic N) is 4. The average Bonchev–Trinajstić information content (AvgIpc) is 2.72. The molecule has 1 fully saturated rings. The Labute approximate surface area is 124 Å². The minimum Gasteiger partial charge on any atom is -0.369 e. The Morgan fingerprint density at radius 1 is 1.36 bits per heavy atom. The van der Waals surface area contributed by atoms with Crippen LogP contribution in [0.4, 0.5) is 5.69 Å². The molecule has 0 spiro atoms. The van der Waals surface area contributed by atoms with Crippen molar-refractivity contribution in [3.05, 3.63) is 39.8 Å². The number of benzene rings is 1. The molecule has 1 aromatic rings. The Balaban J connectivity index is 1.96. The largest absolute Gasteiger partial charge is 0.369 e. The van der Waals surface area contributed by atoms with Gasteiger partial charge in [-0.25, -0.2) is 0 Å². The number of aliphatic hydroxyl groups is 1. The first kappa shape index (κ1) is 14.1. The molecule has 2 N–H and O–H groups in total. The zero-order chi connectivity index (χ0) is 15.9. The van der Waals surface area contributed by atoms with Crippen molar-refractivity contribution < 1.29 is 19.5 Å². The molecule has 22 heavy (non-hydrogen) atoms. The van der Waals surface area contributed by atoms with E-state index in [2.05, 4.69) is 15.3 Å². The molecular weight excluding hydrogens is 290 g/mol. The highest BCUT2D eigenvalue weighted by atomic mass is 16.3. The van der Waals surface area contributed by atoms with Gasteiger partial charge in [0.05, 0.1) is 0 Å². The molecule has 2 unspecified atom stereocenters. The summed E-state index contributed by atoms with van der Waals surface area (Å²) in [6, 6.07) is 3.42. The SMILES string of the molecule is [N-]=[N+]=Nc1ccc2c(c1)C(=O)N(C1CCC(=O)NC1=O)C2O. The van der Waals surface area contributed by atoms with Gasteiger partial charge >= 0.3 is 0 Å². The second-order valence-corrected chi connectivity index (χ2v) is 5.01. The second-order valence-electron chi connectivity index (χ2n) is 5.01. The highest BCUT2D eigenvalue weighted by molar-refractivity contribution is 6.06. The van der Waals surface area contributed by atoms with Crippen molar-refractivity contribution in [3.63, 3.8) is 0 Å². The van der Waals surface area contributed by atoms with Crippen molar-refractivity contribution in [3.8, 4) is 0 Å². The van der Waals surface area contributed by atoms with E-state index in [1.807, 2.05) is 0 Å². The summed E-state index contributed by atoms with van der Waals surface area (Å²) in [5.41, 5.74) is 9.19. The smallest absolute Gasteiger partial charge is 0.257 e. The van der Waals surface area contributed by atoms with Crippen LogP contribution in [0.15, 0.2) is 23.3 Å². The quantitative estimate of drug-likeness (QED) is 0.362. The van der Waals surface area contributed by atoms with E-state index < -0.39 is 30.0 Å². The van der Waals surface area contributed by atoms with Crippen LogP contribution in [-0.4, -0.2) is 33.8 Å². The zero-order valence-corrected chi connectivity index (χ0v) is 11.3. The molecular formula is C13H11N5O4. The number of aliphatic hydroxyl groups excluding tert-OH is 1. The fourth-order valence-corrected chi connectivity index (χ4v) is 2.73. The average molecular weight is 301 g/mol. The van der Waals surface area contributed by atoms with E-state index in [0.29, 0.717) is 5.56 Å². The summed E-state index contributed by atoms with van der Waals surface area (Å²) in [6.45, 7) is 0. The number of nitrogens with one attached hydrogen (secondary N) is 1. The number of hydrogen-bond donors (Lipinski definition) is 2. The number of fused-ring (bicyclic) bond motifs is 1. The third kappa shape index (κ3) is 2.09. The van der Waals surface area contributed by atoms with Crippen LogP contribution in [0, 0.1) is 0 Å². The molecule has 1 saturated heterocycles. The predicted molar refractivity (Wildman–Crippen MR) is 72.5 cm³/mol. The molecule has 0 saturated carbocycles. The number of carbonyl (C=O) groups excluding carboxylic acids is 3. The van der Waals surface area contributed by atoms with Crippen LogP contribution in [0.5, 0.6) is 0 Å². The van der Waals surface area contributed by atoms with Crippen molar-refractivity contribution >= 4 is 23.4 Å². The summed E-state index contributed by atoms with van der Waals surface area (Å²) in [4.78, 5) is 39.2. The third-order valence-electron chi connectivity index (χ3n) is 3.75. The molecule has 1 aromatic carbocycles. The van der Waals surface area contributed by atoms with Crippen LogP contribution < -0.4 is 5.32 Å². The topological polar surface area (TPSA) is 135 Å². The number of hydrogen-bond acceptors (Lipinski definition) is 5. The molecule has 2 aliphatic rings. The number of azide groups is 1. The fourth-order valence-electron chi connectivity index (χ4n) is 2.73. The number of rotatable bonds is 2. The first-order valence-electron chi connectivity index (χ1n) is 6.56. The highest BCUT2D eigenvalue weighted by Gasteiger charge is 2.44. The summed E-state index contributed by atoms with van der Waals surface area (Å²) >= 11 is 0. The molecule has 2 heterocycles. The fraction of sp³-hybridized carbons (Fsp3) is 0.308. The molecule has 2 aliphatic heterocycles. The summed E-state index contributed by atoms with van der Waals surface area (Å²) in [6.07, 6.45) is -1.01. The molecule has 0 bridgehead atoms. The van der Waals surface area contributed by atoms with Gasteiger partial charge in [0.2, 0.25) is 11.8 Å². The van der Waals surface area contributed by atoms with Gasteiger partial charge in [-0.15, -0.1) is 0 Å². The molecule has 0 aromatic heterocycles. The van der Waals surface area contributed by atoms with Crippen LogP contribution in [0.1, 0.15) is 35.0 Å². The first-order valence-corrected chi connectivity index (χ1v) is 6.56. The van der Waals surface area contributed by atoms with E-state index in [1.54, 1.807) is 0 Å². The molecule has 3 amide bonds. The van der Waals surface area contributed by atoms with Gasteiger partial charge in [-0.2, -0.15) is 0 Å². The van der Waals surface area contributed by atoms with Crippen molar-refractivity contribution in [2.24, 2.45) is 5.11 Å². The van der Waals surface area contributed by atoms with Crippen LogP contribution in [0.3, 0.4) is 0 Å². The molecule has 0 radical (unpaired) electrons. The van der Waals surface area contributed by atoms with Crippen molar-refractivity contribution in [1.82, 2.24) is 10.2 Å². The van der Waals surface area contributed by atoms with Gasteiger partial charge in [0.15, 0.2) is 6.23 Å². The molecule has 2 atom stereocenters. The van der Waals surface area contributed by atoms with Crippen molar-refractivity contribution in [2.45, 2.75) is 25.1 Å². The van der Waals surface area contributed by atoms with E-state index in [4.69, 9.17) is 5.53 Å². The predicted octanol–water partition coefficient (Wildman–Crippen LogP) is 0.880. The lowest BCUT2D eigenvalue weighted by Gasteiger charge is -2.31. The van der Waals surface area contributed by atoms with Crippen LogP contribution in [0.2, 0.25) is 0 Å². The summed E-state index contributed by atoms with van der Waals surface area (Å²) in [5, 5.41) is 15.9. The van der Waals surface area contributed by atoms with Crippen molar-refractivity contribution in [2.75, 3.05) is 0 Å². The Morgan fingerprint density at radius 2 is 2.14 bits per heavy atom. The minimum absolute atomic E-state index is 0.104. The van der Waals surface area contributed by atoms with Crippen LogP contribution in [-0.2, 0) is 9.59 Å². The van der Waals surface area contributed by atoms with Crippen LogP contribution in [0.25, 0.3) is 10.4 Å². The van der Waals surface area contributed by atoms with E-state index in [9.17, 15) is 19.5 Å². The van der Waals surface area contributed by atoms with Gasteiger partial charge in [0, 0.05) is 28.1 Å². The van der Waals surface area contributed by atoms with Gasteiger partial charge in [-0.3, -0.25) is 24.6 Å². The van der Waals surface area contributed by atoms with E-state index in [0.717, 1.165) is 4.90 Å². The standard InChI is InChI=1S/C13H11N5O4/c14-17-16-6-1-2-7-8(5-6)13(22)18(12(7)21)9-3-4-10(19)15-11(9)20/h1-2,5,9,12,21H,3-4H2,(H,15,19,20). The normalized spacial score (nSPS) is 23.9. The lowest BCUT2D eigenvalue weighted by Crippen LogP contribution is -2.53. The Morgan fingerprint density at radius 3 is 2.82 bits per heavy atom. The number of piperidine rings is 1. The maximum absolute atomic E-state index is 12.5. The van der Waals surface area contributed by atoms with Gasteiger partial charge in [0.25, 0.3) is 5.91 Å². The van der Waals surface area contributed by atoms with E-state index >= 15 is 0 Å². The molecule has 112 valence electrons. The van der Waals surface area contributed by atoms with Gasteiger partial charge < -0.3 is 5.11 Å². The Bertz CT molecular complexity index is 740.